The number of nitrogens with zero attached hydrogens (tertiary/aromatic N) is 4. The Bertz CT molecular complexity index is 1410. The van der Waals surface area contributed by atoms with Crippen LogP contribution in [-0.2, 0) is 25.5 Å². The van der Waals surface area contributed by atoms with Crippen LogP contribution in [0.1, 0.15) is 24.6 Å². The molecule has 2 aromatic heterocycles. The average Bonchev–Trinajstić information content (AvgIpc) is 3.58. The summed E-state index contributed by atoms with van der Waals surface area (Å²) in [7, 11) is 0. The Kier molecular flexibility index (Phi) is 7.03. The molecule has 0 bridgehead atoms. The number of aliphatic hydroxyl groups excluding tert-OH is 1. The van der Waals surface area contributed by atoms with Crippen molar-refractivity contribution in [2.45, 2.75) is 48.9 Å². The van der Waals surface area contributed by atoms with Gasteiger partial charge >= 0.3 is 11.9 Å². The molecule has 6 N–H and O–H groups in total. The molecule has 13 nitrogen and oxygen atoms in total. The van der Waals surface area contributed by atoms with Crippen molar-refractivity contribution in [3.8, 4) is 0 Å². The van der Waals surface area contributed by atoms with E-state index < -0.39 is 54.6 Å². The molecular formula is C25H26ClN5O8. The zero-order chi connectivity index (χ0) is 27.9. The van der Waals surface area contributed by atoms with Gasteiger partial charge in [0.25, 0.3) is 5.60 Å². The van der Waals surface area contributed by atoms with Crippen LogP contribution >= 0.6 is 11.6 Å². The number of ether oxygens (including phenoxy) is 2. The van der Waals surface area contributed by atoms with Crippen LogP contribution in [0.2, 0.25) is 5.28 Å². The van der Waals surface area contributed by atoms with Gasteiger partial charge in [0, 0.05) is 6.42 Å². The first-order valence-electron chi connectivity index (χ1n) is 12.1. The topological polar surface area (TPSA) is 203 Å². The van der Waals surface area contributed by atoms with Gasteiger partial charge in [0.2, 0.25) is 5.28 Å². The first-order valence-corrected chi connectivity index (χ1v) is 12.5. The highest BCUT2D eigenvalue weighted by Crippen LogP contribution is 2.42. The third kappa shape index (κ3) is 4.94. The summed E-state index contributed by atoms with van der Waals surface area (Å²) < 4.78 is 12.9. The Labute approximate surface area is 226 Å². The van der Waals surface area contributed by atoms with Gasteiger partial charge < -0.3 is 35.6 Å². The zero-order valence-corrected chi connectivity index (χ0v) is 21.2. The van der Waals surface area contributed by atoms with Crippen molar-refractivity contribution in [3.63, 3.8) is 0 Å². The number of nitrogen functional groups attached to an aromatic ring is 1. The van der Waals surface area contributed by atoms with E-state index in [1.807, 2.05) is 0 Å². The molecule has 1 saturated heterocycles. The molecule has 39 heavy (non-hydrogen) atoms. The van der Waals surface area contributed by atoms with Crippen molar-refractivity contribution in [2.75, 3.05) is 12.3 Å². The van der Waals surface area contributed by atoms with E-state index in [0.717, 1.165) is 12.8 Å². The Morgan fingerprint density at radius 3 is 2.56 bits per heavy atom. The predicted octanol–water partition coefficient (Wildman–Crippen LogP) is 1.18. The highest BCUT2D eigenvalue weighted by molar-refractivity contribution is 6.28. The Morgan fingerprint density at radius 1 is 1.23 bits per heavy atom. The van der Waals surface area contributed by atoms with Crippen molar-refractivity contribution in [3.05, 3.63) is 59.7 Å². The molecule has 1 saturated carbocycles. The quantitative estimate of drug-likeness (QED) is 0.135. The number of hydrogen-bond donors (Lipinski definition) is 5. The molecule has 206 valence electrons. The molecule has 2 fully saturated rings. The van der Waals surface area contributed by atoms with Crippen LogP contribution in [0, 0.1) is 5.92 Å². The van der Waals surface area contributed by atoms with E-state index in [4.69, 9.17) is 26.8 Å². The lowest BCUT2D eigenvalue weighted by atomic mass is 9.90. The molecule has 5 rings (SSSR count). The van der Waals surface area contributed by atoms with E-state index in [-0.39, 0.29) is 28.2 Å². The van der Waals surface area contributed by atoms with Crippen LogP contribution in [0.15, 0.2) is 48.8 Å². The minimum absolute atomic E-state index is 0.00590. The van der Waals surface area contributed by atoms with Gasteiger partial charge in [0.15, 0.2) is 17.7 Å². The number of imidazole rings is 1. The molecule has 3 aromatic rings. The van der Waals surface area contributed by atoms with Crippen molar-refractivity contribution in [1.29, 1.82) is 0 Å². The molecule has 4 atom stereocenters. The molecule has 0 spiro atoms. The lowest BCUT2D eigenvalue weighted by Gasteiger charge is -2.31. The normalized spacial score (nSPS) is 25.5. The van der Waals surface area contributed by atoms with Crippen molar-refractivity contribution in [2.24, 2.45) is 5.92 Å². The molecular weight excluding hydrogens is 534 g/mol. The number of hydrogen-bond acceptors (Lipinski definition) is 10. The number of fused-ring (bicyclic) bond motifs is 1. The number of benzene rings is 1. The maximum absolute atomic E-state index is 12.3. The molecule has 0 radical (unpaired) electrons. The summed E-state index contributed by atoms with van der Waals surface area (Å²) in [6.07, 6.45) is 1.44. The summed E-state index contributed by atoms with van der Waals surface area (Å²) in [6.45, 7) is -0.686. The van der Waals surface area contributed by atoms with Crippen LogP contribution < -0.4 is 5.73 Å². The van der Waals surface area contributed by atoms with Crippen molar-refractivity contribution >= 4 is 40.5 Å². The van der Waals surface area contributed by atoms with Gasteiger partial charge in [-0.3, -0.25) is 4.57 Å². The third-order valence-electron chi connectivity index (χ3n) is 6.98. The van der Waals surface area contributed by atoms with Crippen LogP contribution in [-0.4, -0.2) is 81.9 Å². The fraction of sp³-hybridized carbons (Fsp3) is 0.400. The van der Waals surface area contributed by atoms with E-state index >= 15 is 0 Å². The van der Waals surface area contributed by atoms with Crippen LogP contribution in [0.25, 0.3) is 11.2 Å². The predicted molar refractivity (Wildman–Crippen MR) is 136 cm³/mol. The second kappa shape index (κ2) is 10.2. The van der Waals surface area contributed by atoms with Gasteiger partial charge in [0.05, 0.1) is 12.9 Å². The van der Waals surface area contributed by atoms with E-state index in [1.165, 1.54) is 17.0 Å². The van der Waals surface area contributed by atoms with Crippen LogP contribution in [0.5, 0.6) is 0 Å². The number of carboxylic acid groups (broad SMARTS) is 2. The van der Waals surface area contributed by atoms with Gasteiger partial charge in [0.1, 0.15) is 23.3 Å². The summed E-state index contributed by atoms with van der Waals surface area (Å²) in [5.74, 6) is -3.26. The smallest absolute Gasteiger partial charge is 0.348 e. The summed E-state index contributed by atoms with van der Waals surface area (Å²) in [5.41, 5.74) is 1.84. The number of halogens is 1. The number of aliphatic carboxylic acids is 2. The summed E-state index contributed by atoms with van der Waals surface area (Å²) >= 11 is 5.96. The maximum atomic E-state index is 12.3. The van der Waals surface area contributed by atoms with Gasteiger partial charge in [-0.25, -0.2) is 14.6 Å². The molecule has 1 aliphatic carbocycles. The van der Waals surface area contributed by atoms with Gasteiger partial charge in [-0.05, 0) is 35.9 Å². The average molecular weight is 560 g/mol. The second-order valence-corrected chi connectivity index (χ2v) is 9.99. The molecule has 2 aliphatic rings. The van der Waals surface area contributed by atoms with E-state index in [9.17, 15) is 30.0 Å². The second-order valence-electron chi connectivity index (χ2n) is 9.66. The molecule has 14 heteroatoms. The lowest BCUT2D eigenvalue weighted by Crippen LogP contribution is -2.54. The summed E-state index contributed by atoms with van der Waals surface area (Å²) in [4.78, 5) is 36.6. The summed E-state index contributed by atoms with van der Waals surface area (Å²) in [6, 6.07) is 8.15. The highest BCUT2D eigenvalue weighted by atomic mass is 35.5. The number of aliphatic hydroxyl groups is 2. The van der Waals surface area contributed by atoms with Crippen LogP contribution in [0.4, 0.5) is 5.82 Å². The van der Waals surface area contributed by atoms with E-state index in [1.54, 1.807) is 36.4 Å². The number of anilines is 1. The molecule has 1 aliphatic heterocycles. The largest absolute Gasteiger partial charge is 0.479 e. The third-order valence-corrected chi connectivity index (χ3v) is 7.15. The molecule has 0 amide bonds. The number of aromatic nitrogens is 4. The standard InChI is InChI=1S/C25H26ClN5O8/c26-23-29-18(27)16-19(30-23)31(12-28-16)20-17(32)24(37,9-8-13-6-7-13)15(39-20)11-38-25(21(33)34,22(35)36)10-14-4-2-1-3-5-14/h1-5,8-9,12-13,15,17,20,32,37H,6-7,10-11H2,(H,33,34)(H,35,36)(H2,27,29,30)/b9-8-/t15-,17+,20-,24-/m1/s1. The number of rotatable bonds is 10. The minimum atomic E-state index is -2.69. The van der Waals surface area contributed by atoms with Crippen LogP contribution in [0.3, 0.4) is 0 Å². The highest BCUT2D eigenvalue weighted by Gasteiger charge is 2.57. The van der Waals surface area contributed by atoms with Crippen molar-refractivity contribution < 1.29 is 39.5 Å². The fourth-order valence-corrected chi connectivity index (χ4v) is 4.73. The van der Waals surface area contributed by atoms with Gasteiger partial charge in [-0.1, -0.05) is 42.5 Å². The molecule has 3 heterocycles. The van der Waals surface area contributed by atoms with E-state index in [2.05, 4.69) is 15.0 Å². The van der Waals surface area contributed by atoms with Crippen molar-refractivity contribution in [1.82, 2.24) is 19.5 Å². The summed E-state index contributed by atoms with van der Waals surface area (Å²) in [5, 5.41) is 42.7. The first-order chi connectivity index (χ1) is 18.5. The van der Waals surface area contributed by atoms with E-state index in [0.29, 0.717) is 5.56 Å². The zero-order valence-electron chi connectivity index (χ0n) is 20.4. The Hall–Kier alpha value is -3.62. The number of carbonyl (C=O) groups is 2. The molecule has 0 unspecified atom stereocenters. The van der Waals surface area contributed by atoms with Gasteiger partial charge in [-0.15, -0.1) is 0 Å². The Balaban J connectivity index is 1.48. The number of allylic oxidation sites excluding steroid dienone is 1. The minimum Gasteiger partial charge on any atom is -0.479 e. The lowest BCUT2D eigenvalue weighted by molar-refractivity contribution is -0.191. The SMILES string of the molecule is Nc1nc(Cl)nc2c1ncn2[C@@H]1O[C@H](COC(Cc2ccccc2)(C(=O)O)C(=O)O)[C@](O)(/C=C\C2CC2)[C@H]1O. The first kappa shape index (κ1) is 27.0. The molecule has 1 aromatic carbocycles. The maximum Gasteiger partial charge on any atom is 0.348 e. The Morgan fingerprint density at radius 2 is 1.92 bits per heavy atom. The number of carboxylic acids is 2. The number of nitrogens with two attached hydrogens (primary N) is 1. The van der Waals surface area contributed by atoms with Gasteiger partial charge in [-0.2, -0.15) is 9.97 Å². The fourth-order valence-electron chi connectivity index (χ4n) is 4.56. The monoisotopic (exact) mass is 559 g/mol.